The van der Waals surface area contributed by atoms with Crippen LogP contribution in [-0.4, -0.2) is 40.1 Å². The molecule has 1 unspecified atom stereocenters. The van der Waals surface area contributed by atoms with E-state index < -0.39 is 5.82 Å². The smallest absolute Gasteiger partial charge is 0.163 e. The zero-order chi connectivity index (χ0) is 14.0. The fourth-order valence-electron chi connectivity index (χ4n) is 2.57. The van der Waals surface area contributed by atoms with Crippen LogP contribution in [0.25, 0.3) is 0 Å². The molecule has 1 aliphatic heterocycles. The van der Waals surface area contributed by atoms with E-state index >= 15 is 0 Å². The molecule has 1 aromatic carbocycles. The van der Waals surface area contributed by atoms with Crippen molar-refractivity contribution < 1.29 is 19.4 Å². The topological polar surface area (TPSA) is 60.8 Å². The Morgan fingerprint density at radius 3 is 2.89 bits per heavy atom. The van der Waals surface area contributed by atoms with E-state index in [2.05, 4.69) is 0 Å². The summed E-state index contributed by atoms with van der Waals surface area (Å²) < 4.78 is 13.5. The second-order valence-electron chi connectivity index (χ2n) is 4.97. The lowest BCUT2D eigenvalue weighted by molar-refractivity contribution is 0.101. The molecule has 4 nitrogen and oxygen atoms in total. The number of ketones is 1. The van der Waals surface area contributed by atoms with Gasteiger partial charge in [-0.1, -0.05) is 0 Å². The first-order valence-electron chi connectivity index (χ1n) is 6.40. The Morgan fingerprint density at radius 2 is 2.26 bits per heavy atom. The molecule has 0 spiro atoms. The lowest BCUT2D eigenvalue weighted by atomic mass is 10.0. The van der Waals surface area contributed by atoms with E-state index in [0.29, 0.717) is 12.1 Å². The number of Topliss-reactive ketones (excluding diaryl/α,β-unsaturated/α-hetero) is 1. The van der Waals surface area contributed by atoms with Crippen LogP contribution in [0, 0.1) is 5.82 Å². The Kier molecular flexibility index (Phi) is 4.17. The number of nitrogens with zero attached hydrogens (tertiary/aromatic N) is 1. The summed E-state index contributed by atoms with van der Waals surface area (Å²) in [5.41, 5.74) is 0.403. The second kappa shape index (κ2) is 5.67. The van der Waals surface area contributed by atoms with Gasteiger partial charge in [0.15, 0.2) is 5.78 Å². The summed E-state index contributed by atoms with van der Waals surface area (Å²) in [5, 5.41) is 19.3. The highest BCUT2D eigenvalue weighted by Gasteiger charge is 2.25. The van der Waals surface area contributed by atoms with Crippen molar-refractivity contribution in [2.45, 2.75) is 32.4 Å². The molecule has 1 saturated heterocycles. The third-order valence-corrected chi connectivity index (χ3v) is 3.62. The Bertz CT molecular complexity index is 490. The number of benzene rings is 1. The molecule has 0 saturated carbocycles. The van der Waals surface area contributed by atoms with Crippen molar-refractivity contribution in [3.8, 4) is 5.75 Å². The molecule has 0 bridgehead atoms. The lowest BCUT2D eigenvalue weighted by Crippen LogP contribution is -2.31. The van der Waals surface area contributed by atoms with Gasteiger partial charge in [-0.3, -0.25) is 9.69 Å². The summed E-state index contributed by atoms with van der Waals surface area (Å²) >= 11 is 0. The molecule has 19 heavy (non-hydrogen) atoms. The molecule has 5 heteroatoms. The van der Waals surface area contributed by atoms with E-state index in [0.717, 1.165) is 25.5 Å². The van der Waals surface area contributed by atoms with Crippen molar-refractivity contribution in [3.63, 3.8) is 0 Å². The van der Waals surface area contributed by atoms with Gasteiger partial charge in [0.2, 0.25) is 0 Å². The fourth-order valence-corrected chi connectivity index (χ4v) is 2.57. The number of rotatable bonds is 4. The molecule has 1 fully saturated rings. The first kappa shape index (κ1) is 14.0. The van der Waals surface area contributed by atoms with Crippen molar-refractivity contribution in [1.29, 1.82) is 0 Å². The summed E-state index contributed by atoms with van der Waals surface area (Å²) in [5.74, 6) is -1.05. The average Bonchev–Trinajstić information content (AvgIpc) is 2.80. The number of phenolic OH excluding ortho intramolecular Hbond substituents is 1. The number of aromatic hydroxyl groups is 1. The van der Waals surface area contributed by atoms with Crippen molar-refractivity contribution in [2.24, 2.45) is 0 Å². The van der Waals surface area contributed by atoms with Crippen LogP contribution in [0.5, 0.6) is 5.75 Å². The van der Waals surface area contributed by atoms with Crippen molar-refractivity contribution in [1.82, 2.24) is 4.90 Å². The third kappa shape index (κ3) is 2.93. The number of aliphatic hydroxyl groups excluding tert-OH is 1. The van der Waals surface area contributed by atoms with Crippen molar-refractivity contribution in [3.05, 3.63) is 29.1 Å². The highest BCUT2D eigenvalue weighted by Crippen LogP contribution is 2.28. The molecular formula is C14H18FNO3. The Balaban J connectivity index is 2.27. The van der Waals surface area contributed by atoms with Gasteiger partial charge in [0.1, 0.15) is 11.6 Å². The maximum absolute atomic E-state index is 13.5. The predicted octanol–water partition coefficient (Wildman–Crippen LogP) is 1.69. The van der Waals surface area contributed by atoms with Gasteiger partial charge in [-0.2, -0.15) is 0 Å². The van der Waals surface area contributed by atoms with E-state index in [1.807, 2.05) is 4.90 Å². The summed E-state index contributed by atoms with van der Waals surface area (Å²) in [4.78, 5) is 13.3. The Hall–Kier alpha value is -1.46. The van der Waals surface area contributed by atoms with E-state index in [1.165, 1.54) is 13.0 Å². The van der Waals surface area contributed by atoms with Gasteiger partial charge in [0, 0.05) is 18.2 Å². The molecule has 2 rings (SSSR count). The molecule has 0 amide bonds. The molecule has 1 atom stereocenters. The minimum atomic E-state index is -0.530. The molecule has 104 valence electrons. The van der Waals surface area contributed by atoms with Gasteiger partial charge in [-0.25, -0.2) is 4.39 Å². The van der Waals surface area contributed by atoms with Gasteiger partial charge >= 0.3 is 0 Å². The second-order valence-corrected chi connectivity index (χ2v) is 4.97. The molecular weight excluding hydrogens is 249 g/mol. The first-order valence-corrected chi connectivity index (χ1v) is 6.40. The van der Waals surface area contributed by atoms with E-state index in [4.69, 9.17) is 0 Å². The highest BCUT2D eigenvalue weighted by molar-refractivity contribution is 5.97. The molecule has 0 radical (unpaired) electrons. The predicted molar refractivity (Wildman–Crippen MR) is 68.6 cm³/mol. The number of phenols is 1. The largest absolute Gasteiger partial charge is 0.507 e. The van der Waals surface area contributed by atoms with E-state index in [1.54, 1.807) is 0 Å². The zero-order valence-corrected chi connectivity index (χ0v) is 10.9. The van der Waals surface area contributed by atoms with E-state index in [-0.39, 0.29) is 29.7 Å². The number of carbonyl (C=O) groups excluding carboxylic acids is 1. The summed E-state index contributed by atoms with van der Waals surface area (Å²) in [6.45, 7) is 2.49. The average molecular weight is 267 g/mol. The van der Waals surface area contributed by atoms with Crippen LogP contribution in [0.15, 0.2) is 12.1 Å². The molecule has 0 aromatic heterocycles. The number of halogens is 1. The van der Waals surface area contributed by atoms with Gasteiger partial charge in [0.25, 0.3) is 0 Å². The van der Waals surface area contributed by atoms with E-state index in [9.17, 15) is 19.4 Å². The van der Waals surface area contributed by atoms with Gasteiger partial charge in [0.05, 0.1) is 12.2 Å². The number of aliphatic hydroxyl groups is 1. The Morgan fingerprint density at radius 1 is 1.53 bits per heavy atom. The monoisotopic (exact) mass is 267 g/mol. The first-order chi connectivity index (χ1) is 9.02. The quantitative estimate of drug-likeness (QED) is 0.815. The normalized spacial score (nSPS) is 19.8. The minimum Gasteiger partial charge on any atom is -0.507 e. The summed E-state index contributed by atoms with van der Waals surface area (Å²) in [7, 11) is 0. The molecule has 1 heterocycles. The van der Waals surface area contributed by atoms with Gasteiger partial charge in [-0.05, 0) is 38.4 Å². The van der Waals surface area contributed by atoms with Crippen LogP contribution in [-0.2, 0) is 6.54 Å². The number of hydrogen-bond acceptors (Lipinski definition) is 4. The minimum absolute atomic E-state index is 0.00902. The number of carbonyl (C=O) groups is 1. The molecule has 2 N–H and O–H groups in total. The SMILES string of the molecule is CC(=O)c1cc(F)cc(CN2CCCC2CO)c1O. The number of hydrogen-bond donors (Lipinski definition) is 2. The van der Waals surface area contributed by atoms with Crippen LogP contribution < -0.4 is 0 Å². The molecule has 0 aliphatic carbocycles. The maximum atomic E-state index is 13.5. The van der Waals surface area contributed by atoms with Crippen LogP contribution in [0.1, 0.15) is 35.7 Å². The van der Waals surface area contributed by atoms with Crippen LogP contribution in [0.2, 0.25) is 0 Å². The maximum Gasteiger partial charge on any atom is 0.163 e. The van der Waals surface area contributed by atoms with Gasteiger partial charge in [-0.15, -0.1) is 0 Å². The zero-order valence-electron chi connectivity index (χ0n) is 10.9. The number of likely N-dealkylation sites (tertiary alicyclic amines) is 1. The summed E-state index contributed by atoms with van der Waals surface area (Å²) in [6, 6.07) is 2.34. The lowest BCUT2D eigenvalue weighted by Gasteiger charge is -2.23. The van der Waals surface area contributed by atoms with Crippen molar-refractivity contribution in [2.75, 3.05) is 13.2 Å². The molecule has 1 aromatic rings. The fraction of sp³-hybridized carbons (Fsp3) is 0.500. The van der Waals surface area contributed by atoms with Crippen LogP contribution in [0.4, 0.5) is 4.39 Å². The standard InChI is InChI=1S/C14H18FNO3/c1-9(18)13-6-11(15)5-10(14(13)19)7-16-4-2-3-12(16)8-17/h5-6,12,17,19H,2-4,7-8H2,1H3. The van der Waals surface area contributed by atoms with Gasteiger partial charge < -0.3 is 10.2 Å². The summed E-state index contributed by atoms with van der Waals surface area (Å²) in [6.07, 6.45) is 1.87. The Labute approximate surface area is 111 Å². The molecule has 1 aliphatic rings. The van der Waals surface area contributed by atoms with Crippen molar-refractivity contribution >= 4 is 5.78 Å². The van der Waals surface area contributed by atoms with Crippen LogP contribution >= 0.6 is 0 Å². The highest BCUT2D eigenvalue weighted by atomic mass is 19.1. The van der Waals surface area contributed by atoms with Crippen LogP contribution in [0.3, 0.4) is 0 Å². The third-order valence-electron chi connectivity index (χ3n) is 3.62.